The fourth-order valence-electron chi connectivity index (χ4n) is 1.75. The second-order valence-corrected chi connectivity index (χ2v) is 6.35. The fraction of sp³-hybridized carbons (Fsp3) is 0.769. The highest BCUT2D eigenvalue weighted by Crippen LogP contribution is 2.38. The van der Waals surface area contributed by atoms with Gasteiger partial charge in [0, 0.05) is 29.6 Å². The minimum absolute atomic E-state index is 0.578. The average Bonchev–Trinajstić information content (AvgIpc) is 2.59. The molecule has 2 nitrogen and oxygen atoms in total. The molecule has 2 rings (SSSR count). The summed E-state index contributed by atoms with van der Waals surface area (Å²) < 4.78 is 0. The van der Waals surface area contributed by atoms with Gasteiger partial charge in [-0.1, -0.05) is 20.3 Å². The zero-order valence-electron chi connectivity index (χ0n) is 10.5. The van der Waals surface area contributed by atoms with Gasteiger partial charge in [0.1, 0.15) is 0 Å². The summed E-state index contributed by atoms with van der Waals surface area (Å²) >= 11 is 1.90. The van der Waals surface area contributed by atoms with Crippen molar-refractivity contribution in [3.05, 3.63) is 16.1 Å². The van der Waals surface area contributed by atoms with Crippen molar-refractivity contribution >= 4 is 11.3 Å². The number of rotatable bonds is 5. The van der Waals surface area contributed by atoms with E-state index in [2.05, 4.69) is 37.3 Å². The highest BCUT2D eigenvalue weighted by molar-refractivity contribution is 7.11. The number of hydrogen-bond donors (Lipinski definition) is 1. The van der Waals surface area contributed by atoms with Crippen molar-refractivity contribution in [2.24, 2.45) is 5.92 Å². The lowest BCUT2D eigenvalue weighted by atomic mass is 9.86. The van der Waals surface area contributed by atoms with Crippen LogP contribution in [-0.4, -0.2) is 11.0 Å². The first-order chi connectivity index (χ1) is 7.66. The van der Waals surface area contributed by atoms with Gasteiger partial charge in [-0.05, 0) is 25.7 Å². The van der Waals surface area contributed by atoms with E-state index in [4.69, 9.17) is 0 Å². The first-order valence-electron chi connectivity index (χ1n) is 6.35. The van der Waals surface area contributed by atoms with Crippen LogP contribution >= 0.6 is 11.3 Å². The molecule has 0 spiro atoms. The Bertz CT molecular complexity index is 328. The SMILES string of the molecule is CC(C)C(C)NCc1cnc(C2CCC2)s1. The minimum atomic E-state index is 0.578. The molecule has 1 atom stereocenters. The molecule has 90 valence electrons. The van der Waals surface area contributed by atoms with Crippen molar-refractivity contribution in [3.63, 3.8) is 0 Å². The molecular formula is C13H22N2S. The summed E-state index contributed by atoms with van der Waals surface area (Å²) in [6.07, 6.45) is 6.14. The molecule has 0 bridgehead atoms. The summed E-state index contributed by atoms with van der Waals surface area (Å²) in [6, 6.07) is 0.578. The van der Waals surface area contributed by atoms with E-state index >= 15 is 0 Å². The Labute approximate surface area is 102 Å². The largest absolute Gasteiger partial charge is 0.309 e. The maximum absolute atomic E-state index is 4.54. The molecule has 0 aromatic carbocycles. The second kappa shape index (κ2) is 5.28. The molecule has 1 aromatic rings. The van der Waals surface area contributed by atoms with Gasteiger partial charge in [-0.2, -0.15) is 0 Å². The quantitative estimate of drug-likeness (QED) is 0.848. The third kappa shape index (κ3) is 2.83. The van der Waals surface area contributed by atoms with E-state index in [0.29, 0.717) is 12.0 Å². The third-order valence-electron chi connectivity index (χ3n) is 3.62. The average molecular weight is 238 g/mol. The van der Waals surface area contributed by atoms with E-state index in [-0.39, 0.29) is 0 Å². The van der Waals surface area contributed by atoms with Crippen molar-refractivity contribution in [3.8, 4) is 0 Å². The molecule has 0 amide bonds. The molecule has 1 unspecified atom stereocenters. The maximum Gasteiger partial charge on any atom is 0.0959 e. The number of aromatic nitrogens is 1. The zero-order chi connectivity index (χ0) is 11.5. The zero-order valence-corrected chi connectivity index (χ0v) is 11.3. The van der Waals surface area contributed by atoms with Gasteiger partial charge in [0.15, 0.2) is 0 Å². The predicted molar refractivity (Wildman–Crippen MR) is 69.8 cm³/mol. The summed E-state index contributed by atoms with van der Waals surface area (Å²) in [5, 5.41) is 4.92. The van der Waals surface area contributed by atoms with Gasteiger partial charge in [0.25, 0.3) is 0 Å². The van der Waals surface area contributed by atoms with E-state index in [1.807, 2.05) is 11.3 Å². The molecule has 0 radical (unpaired) electrons. The Kier molecular flexibility index (Phi) is 3.98. The highest BCUT2D eigenvalue weighted by Gasteiger charge is 2.22. The number of thiazole rings is 1. The molecule has 1 fully saturated rings. The van der Waals surface area contributed by atoms with Crippen molar-refractivity contribution < 1.29 is 0 Å². The van der Waals surface area contributed by atoms with Crippen LogP contribution in [0, 0.1) is 5.92 Å². The summed E-state index contributed by atoms with van der Waals surface area (Å²) in [5.41, 5.74) is 0. The summed E-state index contributed by atoms with van der Waals surface area (Å²) in [5.74, 6) is 1.47. The number of hydrogen-bond acceptors (Lipinski definition) is 3. The summed E-state index contributed by atoms with van der Waals surface area (Å²) in [7, 11) is 0. The molecular weight excluding hydrogens is 216 g/mol. The molecule has 1 saturated carbocycles. The van der Waals surface area contributed by atoms with Crippen molar-refractivity contribution in [1.29, 1.82) is 0 Å². The van der Waals surface area contributed by atoms with Crippen LogP contribution in [0.15, 0.2) is 6.20 Å². The maximum atomic E-state index is 4.54. The van der Waals surface area contributed by atoms with Gasteiger partial charge in [-0.15, -0.1) is 11.3 Å². The van der Waals surface area contributed by atoms with Crippen LogP contribution in [0.3, 0.4) is 0 Å². The smallest absolute Gasteiger partial charge is 0.0959 e. The van der Waals surface area contributed by atoms with Crippen molar-refractivity contribution in [1.82, 2.24) is 10.3 Å². The van der Waals surface area contributed by atoms with Gasteiger partial charge >= 0.3 is 0 Å². The lowest BCUT2D eigenvalue weighted by Crippen LogP contribution is -2.29. The van der Waals surface area contributed by atoms with Crippen LogP contribution in [0.25, 0.3) is 0 Å². The molecule has 1 heterocycles. The lowest BCUT2D eigenvalue weighted by molar-refractivity contribution is 0.418. The van der Waals surface area contributed by atoms with E-state index in [1.54, 1.807) is 0 Å². The number of nitrogens with zero attached hydrogens (tertiary/aromatic N) is 1. The van der Waals surface area contributed by atoms with Gasteiger partial charge in [-0.3, -0.25) is 0 Å². The molecule has 1 N–H and O–H groups in total. The second-order valence-electron chi connectivity index (χ2n) is 5.21. The summed E-state index contributed by atoms with van der Waals surface area (Å²) in [6.45, 7) is 7.73. The third-order valence-corrected chi connectivity index (χ3v) is 4.78. The molecule has 1 aliphatic carbocycles. The predicted octanol–water partition coefficient (Wildman–Crippen LogP) is 3.54. The van der Waals surface area contributed by atoms with Gasteiger partial charge in [-0.25, -0.2) is 4.98 Å². The van der Waals surface area contributed by atoms with Crippen molar-refractivity contribution in [2.45, 2.75) is 58.5 Å². The topological polar surface area (TPSA) is 24.9 Å². The van der Waals surface area contributed by atoms with E-state index in [9.17, 15) is 0 Å². The van der Waals surface area contributed by atoms with E-state index in [0.717, 1.165) is 12.5 Å². The monoisotopic (exact) mass is 238 g/mol. The fourth-order valence-corrected chi connectivity index (χ4v) is 2.78. The molecule has 3 heteroatoms. The Hall–Kier alpha value is -0.410. The number of nitrogens with one attached hydrogen (secondary N) is 1. The van der Waals surface area contributed by atoms with Crippen LogP contribution in [-0.2, 0) is 6.54 Å². The highest BCUT2D eigenvalue weighted by atomic mass is 32.1. The minimum Gasteiger partial charge on any atom is -0.309 e. The van der Waals surface area contributed by atoms with Crippen LogP contribution in [0.1, 0.15) is 55.8 Å². The van der Waals surface area contributed by atoms with E-state index < -0.39 is 0 Å². The molecule has 0 saturated heterocycles. The first-order valence-corrected chi connectivity index (χ1v) is 7.16. The first kappa shape index (κ1) is 12.1. The van der Waals surface area contributed by atoms with E-state index in [1.165, 1.54) is 29.1 Å². The van der Waals surface area contributed by atoms with Crippen LogP contribution in [0.2, 0.25) is 0 Å². The van der Waals surface area contributed by atoms with Crippen LogP contribution < -0.4 is 5.32 Å². The molecule has 1 aliphatic rings. The lowest BCUT2D eigenvalue weighted by Gasteiger charge is -2.22. The Morgan fingerprint density at radius 1 is 1.44 bits per heavy atom. The Morgan fingerprint density at radius 3 is 2.75 bits per heavy atom. The normalized spacial score (nSPS) is 18.8. The van der Waals surface area contributed by atoms with Gasteiger partial charge in [0.2, 0.25) is 0 Å². The Morgan fingerprint density at radius 2 is 2.19 bits per heavy atom. The summed E-state index contributed by atoms with van der Waals surface area (Å²) in [4.78, 5) is 5.92. The van der Waals surface area contributed by atoms with Gasteiger partial charge < -0.3 is 5.32 Å². The standard InChI is InChI=1S/C13H22N2S/c1-9(2)10(3)14-7-12-8-15-13(16-12)11-5-4-6-11/h8-11,14H,4-7H2,1-3H3. The van der Waals surface area contributed by atoms with Crippen molar-refractivity contribution in [2.75, 3.05) is 0 Å². The van der Waals surface area contributed by atoms with Crippen LogP contribution in [0.4, 0.5) is 0 Å². The molecule has 0 aliphatic heterocycles. The molecule has 16 heavy (non-hydrogen) atoms. The van der Waals surface area contributed by atoms with Crippen LogP contribution in [0.5, 0.6) is 0 Å². The Balaban J connectivity index is 1.83. The van der Waals surface area contributed by atoms with Gasteiger partial charge in [0.05, 0.1) is 5.01 Å². The molecule has 1 aromatic heterocycles.